The number of nitrogens with zero attached hydrogens (tertiary/aromatic N) is 1. The number of carbonyl (C=O) groups is 1. The van der Waals surface area contributed by atoms with Gasteiger partial charge in [0.1, 0.15) is 0 Å². The van der Waals surface area contributed by atoms with E-state index >= 15 is 0 Å². The van der Waals surface area contributed by atoms with Crippen molar-refractivity contribution >= 4 is 28.0 Å². The molecule has 0 aliphatic carbocycles. The number of halogens is 1. The maximum Gasteiger partial charge on any atom is 0.357 e. The van der Waals surface area contributed by atoms with Gasteiger partial charge in [-0.25, -0.2) is 9.78 Å². The zero-order chi connectivity index (χ0) is 11.1. The lowest BCUT2D eigenvalue weighted by molar-refractivity contribution is 0.0594. The molecule has 0 unspecified atom stereocenters. The fraction of sp³-hybridized carbons (Fsp3) is 0.273. The monoisotopic (exact) mass is 269 g/mol. The third-order valence-corrected chi connectivity index (χ3v) is 2.25. The molecular weight excluding hydrogens is 258 g/mol. The van der Waals surface area contributed by atoms with E-state index in [4.69, 9.17) is 0 Å². The lowest BCUT2D eigenvalue weighted by atomic mass is 10.1. The van der Waals surface area contributed by atoms with Crippen molar-refractivity contribution in [1.29, 1.82) is 0 Å². The minimum absolute atomic E-state index is 0.353. The Balaban J connectivity index is 2.91. The number of allylic oxidation sites excluding steroid dienone is 1. The van der Waals surface area contributed by atoms with E-state index in [0.717, 1.165) is 17.3 Å². The first-order valence-corrected chi connectivity index (χ1v) is 5.67. The molecule has 80 valence electrons. The Morgan fingerprint density at radius 2 is 2.47 bits per heavy atom. The summed E-state index contributed by atoms with van der Waals surface area (Å²) < 4.78 is 4.64. The Morgan fingerprint density at radius 3 is 3.13 bits per heavy atom. The highest BCUT2D eigenvalue weighted by molar-refractivity contribution is 9.09. The van der Waals surface area contributed by atoms with Crippen LogP contribution in [0, 0.1) is 0 Å². The maximum absolute atomic E-state index is 11.3. The second-order valence-corrected chi connectivity index (χ2v) is 3.61. The summed E-state index contributed by atoms with van der Waals surface area (Å²) >= 11 is 3.33. The molecule has 0 saturated carbocycles. The molecule has 0 radical (unpaired) electrons. The molecule has 0 amide bonds. The second kappa shape index (κ2) is 6.35. The Hall–Kier alpha value is -1.16. The van der Waals surface area contributed by atoms with Crippen LogP contribution in [0.1, 0.15) is 22.5 Å². The molecule has 0 fully saturated rings. The van der Waals surface area contributed by atoms with Gasteiger partial charge in [0.25, 0.3) is 0 Å². The van der Waals surface area contributed by atoms with Crippen LogP contribution in [0.5, 0.6) is 0 Å². The Bertz CT molecular complexity index is 363. The van der Waals surface area contributed by atoms with Crippen LogP contribution in [0.3, 0.4) is 0 Å². The van der Waals surface area contributed by atoms with Gasteiger partial charge >= 0.3 is 5.97 Å². The zero-order valence-corrected chi connectivity index (χ0v) is 10.0. The van der Waals surface area contributed by atoms with E-state index in [1.165, 1.54) is 7.11 Å². The van der Waals surface area contributed by atoms with Crippen LogP contribution in [0.4, 0.5) is 0 Å². The van der Waals surface area contributed by atoms with E-state index < -0.39 is 5.97 Å². The van der Waals surface area contributed by atoms with Gasteiger partial charge in [-0.3, -0.25) is 0 Å². The first-order valence-electron chi connectivity index (χ1n) is 4.55. The molecule has 0 aliphatic heterocycles. The van der Waals surface area contributed by atoms with Crippen LogP contribution in [0.2, 0.25) is 0 Å². The van der Waals surface area contributed by atoms with E-state index in [-0.39, 0.29) is 0 Å². The fourth-order valence-corrected chi connectivity index (χ4v) is 1.36. The number of carbonyl (C=O) groups excluding carboxylic acids is 1. The van der Waals surface area contributed by atoms with Gasteiger partial charge in [-0.1, -0.05) is 34.1 Å². The minimum atomic E-state index is -0.408. The highest BCUT2D eigenvalue weighted by Gasteiger charge is 2.10. The Labute approximate surface area is 97.3 Å². The number of rotatable bonds is 4. The van der Waals surface area contributed by atoms with Crippen molar-refractivity contribution in [3.63, 3.8) is 0 Å². The van der Waals surface area contributed by atoms with E-state index in [1.54, 1.807) is 12.3 Å². The lowest BCUT2D eigenvalue weighted by Crippen LogP contribution is -2.06. The van der Waals surface area contributed by atoms with Crippen molar-refractivity contribution < 1.29 is 9.53 Å². The number of methoxy groups -OCH3 is 1. The number of esters is 1. The van der Waals surface area contributed by atoms with Crippen molar-refractivity contribution in [2.24, 2.45) is 0 Å². The van der Waals surface area contributed by atoms with Gasteiger partial charge in [0.2, 0.25) is 0 Å². The first-order chi connectivity index (χ1) is 7.29. The predicted molar refractivity (Wildman–Crippen MR) is 63.0 cm³/mol. The van der Waals surface area contributed by atoms with Gasteiger partial charge < -0.3 is 4.74 Å². The predicted octanol–water partition coefficient (Wildman–Crippen LogP) is 2.67. The van der Waals surface area contributed by atoms with Gasteiger partial charge in [0.15, 0.2) is 5.69 Å². The Kier molecular flexibility index (Phi) is 5.04. The molecular formula is C11H12BrNO2. The average molecular weight is 270 g/mol. The normalized spacial score (nSPS) is 10.5. The van der Waals surface area contributed by atoms with Crippen molar-refractivity contribution in [2.45, 2.75) is 6.42 Å². The third kappa shape index (κ3) is 3.47. The second-order valence-electron chi connectivity index (χ2n) is 2.81. The Morgan fingerprint density at radius 1 is 1.67 bits per heavy atom. The molecule has 0 spiro atoms. The van der Waals surface area contributed by atoms with E-state index in [0.29, 0.717) is 5.69 Å². The summed E-state index contributed by atoms with van der Waals surface area (Å²) in [5.74, 6) is -0.408. The van der Waals surface area contributed by atoms with Crippen LogP contribution in [0.15, 0.2) is 24.4 Å². The van der Waals surface area contributed by atoms with E-state index in [2.05, 4.69) is 25.7 Å². The van der Waals surface area contributed by atoms with Gasteiger partial charge in [0.05, 0.1) is 7.11 Å². The maximum atomic E-state index is 11.3. The number of ether oxygens (including phenoxy) is 1. The average Bonchev–Trinajstić information content (AvgIpc) is 2.29. The summed E-state index contributed by atoms with van der Waals surface area (Å²) in [6.07, 6.45) is 6.35. The van der Waals surface area contributed by atoms with Crippen molar-refractivity contribution in [3.8, 4) is 0 Å². The summed E-state index contributed by atoms with van der Waals surface area (Å²) in [6, 6.07) is 3.63. The summed E-state index contributed by atoms with van der Waals surface area (Å²) in [4.78, 5) is 15.3. The van der Waals surface area contributed by atoms with Crippen molar-refractivity contribution in [1.82, 2.24) is 4.98 Å². The molecule has 15 heavy (non-hydrogen) atoms. The third-order valence-electron chi connectivity index (χ3n) is 1.79. The fourth-order valence-electron chi connectivity index (χ4n) is 1.09. The van der Waals surface area contributed by atoms with Gasteiger partial charge in [-0.15, -0.1) is 0 Å². The molecule has 1 aromatic rings. The number of aromatic nitrogens is 1. The molecule has 0 saturated heterocycles. The zero-order valence-electron chi connectivity index (χ0n) is 8.44. The number of pyridine rings is 1. The highest BCUT2D eigenvalue weighted by atomic mass is 79.9. The van der Waals surface area contributed by atoms with Gasteiger partial charge in [-0.2, -0.15) is 0 Å². The van der Waals surface area contributed by atoms with Crippen molar-refractivity contribution in [2.75, 3.05) is 12.4 Å². The molecule has 1 heterocycles. The standard InChI is InChI=1S/C11H12BrNO2/c1-15-11(14)10-9(5-2-3-7-12)6-4-8-13-10/h2,4-6,8H,3,7H2,1H3. The molecule has 0 atom stereocenters. The molecule has 3 nitrogen and oxygen atoms in total. The molecule has 0 bridgehead atoms. The van der Waals surface area contributed by atoms with Crippen LogP contribution >= 0.6 is 15.9 Å². The topological polar surface area (TPSA) is 39.2 Å². The van der Waals surface area contributed by atoms with Gasteiger partial charge in [-0.05, 0) is 12.5 Å². The van der Waals surface area contributed by atoms with Crippen LogP contribution in [-0.2, 0) is 4.74 Å². The van der Waals surface area contributed by atoms with E-state index in [9.17, 15) is 4.79 Å². The van der Waals surface area contributed by atoms with Crippen LogP contribution in [0.25, 0.3) is 6.08 Å². The van der Waals surface area contributed by atoms with Gasteiger partial charge in [0, 0.05) is 17.1 Å². The van der Waals surface area contributed by atoms with E-state index in [1.807, 2.05) is 18.2 Å². The van der Waals surface area contributed by atoms with Crippen LogP contribution in [-0.4, -0.2) is 23.4 Å². The molecule has 1 aromatic heterocycles. The van der Waals surface area contributed by atoms with Crippen LogP contribution < -0.4 is 0 Å². The summed E-state index contributed by atoms with van der Waals surface area (Å²) in [7, 11) is 1.35. The first kappa shape index (κ1) is 11.9. The number of alkyl halides is 1. The molecule has 0 aliphatic rings. The summed E-state index contributed by atoms with van der Waals surface area (Å²) in [5, 5.41) is 0.900. The molecule has 1 rings (SSSR count). The van der Waals surface area contributed by atoms with Crippen molar-refractivity contribution in [3.05, 3.63) is 35.7 Å². The smallest absolute Gasteiger partial charge is 0.357 e. The SMILES string of the molecule is COC(=O)c1ncccc1C=CCCBr. The summed E-state index contributed by atoms with van der Waals surface area (Å²) in [5.41, 5.74) is 1.14. The quantitative estimate of drug-likeness (QED) is 0.623. The number of hydrogen-bond acceptors (Lipinski definition) is 3. The molecule has 0 N–H and O–H groups in total. The largest absolute Gasteiger partial charge is 0.464 e. The molecule has 4 heteroatoms. The minimum Gasteiger partial charge on any atom is -0.464 e. The molecule has 0 aromatic carbocycles. The lowest BCUT2D eigenvalue weighted by Gasteiger charge is -2.01. The number of hydrogen-bond donors (Lipinski definition) is 0. The summed E-state index contributed by atoms with van der Waals surface area (Å²) in [6.45, 7) is 0. The highest BCUT2D eigenvalue weighted by Crippen LogP contribution is 2.09.